The second-order valence-electron chi connectivity index (χ2n) is 4.43. The molecule has 0 bridgehead atoms. The van der Waals surface area contributed by atoms with Gasteiger partial charge < -0.3 is 10.0 Å². The van der Waals surface area contributed by atoms with Crippen molar-refractivity contribution in [2.45, 2.75) is 26.3 Å². The molecule has 0 aromatic heterocycles. The van der Waals surface area contributed by atoms with Crippen molar-refractivity contribution in [1.29, 1.82) is 0 Å². The lowest BCUT2D eigenvalue weighted by Crippen LogP contribution is -2.45. The maximum Gasteiger partial charge on any atom is 0.317 e. The van der Waals surface area contributed by atoms with E-state index in [1.807, 2.05) is 13.8 Å². The maximum atomic E-state index is 12.1. The van der Waals surface area contributed by atoms with Crippen molar-refractivity contribution in [2.24, 2.45) is 0 Å². The number of rotatable bonds is 10. The van der Waals surface area contributed by atoms with Gasteiger partial charge in [-0.3, -0.25) is 14.5 Å². The largest absolute Gasteiger partial charge is 0.480 e. The molecule has 1 amide bonds. The van der Waals surface area contributed by atoms with E-state index < -0.39 is 5.97 Å². The topological polar surface area (TPSA) is 60.9 Å². The van der Waals surface area contributed by atoms with Crippen molar-refractivity contribution < 1.29 is 14.7 Å². The third kappa shape index (κ3) is 6.76. The SMILES string of the molecule is C=CCN(CC=C)C(=O)CN(CC(=O)O)C(C)CC. The second kappa shape index (κ2) is 9.33. The van der Waals surface area contributed by atoms with Crippen LogP contribution < -0.4 is 0 Å². The van der Waals surface area contributed by atoms with Crippen LogP contribution in [-0.4, -0.2) is 59.0 Å². The lowest BCUT2D eigenvalue weighted by Gasteiger charge is -2.29. The summed E-state index contributed by atoms with van der Waals surface area (Å²) >= 11 is 0. The number of amides is 1. The number of carbonyl (C=O) groups excluding carboxylic acids is 1. The Hall–Kier alpha value is -1.62. The molecule has 0 radical (unpaired) electrons. The Bertz CT molecular complexity index is 319. The number of carboxylic acids is 1. The monoisotopic (exact) mass is 268 g/mol. The van der Waals surface area contributed by atoms with E-state index in [2.05, 4.69) is 13.2 Å². The summed E-state index contributed by atoms with van der Waals surface area (Å²) in [7, 11) is 0. The molecule has 19 heavy (non-hydrogen) atoms. The van der Waals surface area contributed by atoms with Crippen molar-refractivity contribution in [3.8, 4) is 0 Å². The summed E-state index contributed by atoms with van der Waals surface area (Å²) in [5.74, 6) is -1.03. The molecule has 1 atom stereocenters. The Morgan fingerprint density at radius 3 is 2.11 bits per heavy atom. The molecular formula is C14H24N2O3. The summed E-state index contributed by atoms with van der Waals surface area (Å²) in [6.07, 6.45) is 4.09. The Morgan fingerprint density at radius 2 is 1.74 bits per heavy atom. The third-order valence-electron chi connectivity index (χ3n) is 2.94. The average molecular weight is 268 g/mol. The molecule has 0 fully saturated rings. The maximum absolute atomic E-state index is 12.1. The summed E-state index contributed by atoms with van der Waals surface area (Å²) in [5.41, 5.74) is 0. The zero-order valence-electron chi connectivity index (χ0n) is 11.8. The standard InChI is InChI=1S/C14H24N2O3/c1-5-8-15(9-6-2)13(17)10-16(11-14(18)19)12(4)7-3/h5-6,12H,1-2,7-11H2,3-4H3,(H,18,19). The zero-order valence-corrected chi connectivity index (χ0v) is 11.8. The van der Waals surface area contributed by atoms with Crippen LogP contribution >= 0.6 is 0 Å². The first-order chi connectivity index (χ1) is 8.96. The highest BCUT2D eigenvalue weighted by Crippen LogP contribution is 2.04. The predicted molar refractivity (Wildman–Crippen MR) is 75.9 cm³/mol. The minimum atomic E-state index is -0.924. The van der Waals surface area contributed by atoms with Crippen molar-refractivity contribution in [3.63, 3.8) is 0 Å². The molecule has 0 saturated carbocycles. The molecule has 0 aromatic carbocycles. The molecule has 0 heterocycles. The quantitative estimate of drug-likeness (QED) is 0.608. The summed E-state index contributed by atoms with van der Waals surface area (Å²) in [5, 5.41) is 8.89. The normalized spacial score (nSPS) is 11.9. The Labute approximate surface area is 115 Å². The zero-order chi connectivity index (χ0) is 14.8. The minimum Gasteiger partial charge on any atom is -0.480 e. The molecule has 1 N–H and O–H groups in total. The lowest BCUT2D eigenvalue weighted by molar-refractivity contribution is -0.140. The van der Waals surface area contributed by atoms with Crippen molar-refractivity contribution in [2.75, 3.05) is 26.2 Å². The second-order valence-corrected chi connectivity index (χ2v) is 4.43. The fourth-order valence-corrected chi connectivity index (χ4v) is 1.66. The van der Waals surface area contributed by atoms with Gasteiger partial charge in [0.05, 0.1) is 13.1 Å². The van der Waals surface area contributed by atoms with Crippen LogP contribution in [0.25, 0.3) is 0 Å². The van der Waals surface area contributed by atoms with Crippen LogP contribution in [0, 0.1) is 0 Å². The molecule has 0 aliphatic heterocycles. The molecule has 0 spiro atoms. The van der Waals surface area contributed by atoms with Crippen LogP contribution in [0.1, 0.15) is 20.3 Å². The fourth-order valence-electron chi connectivity index (χ4n) is 1.66. The lowest BCUT2D eigenvalue weighted by atomic mass is 10.2. The van der Waals surface area contributed by atoms with Gasteiger partial charge in [0.2, 0.25) is 5.91 Å². The molecule has 5 heteroatoms. The highest BCUT2D eigenvalue weighted by Gasteiger charge is 2.21. The molecule has 0 rings (SSSR count). The summed E-state index contributed by atoms with van der Waals surface area (Å²) in [6, 6.07) is 0.0503. The Balaban J connectivity index is 4.69. The van der Waals surface area contributed by atoms with Crippen LogP contribution in [0.15, 0.2) is 25.3 Å². The van der Waals surface area contributed by atoms with Crippen LogP contribution in [-0.2, 0) is 9.59 Å². The molecule has 0 saturated heterocycles. The first-order valence-electron chi connectivity index (χ1n) is 6.41. The minimum absolute atomic E-state index is 0.0503. The highest BCUT2D eigenvalue weighted by atomic mass is 16.4. The van der Waals surface area contributed by atoms with Crippen molar-refractivity contribution in [3.05, 3.63) is 25.3 Å². The molecule has 0 aliphatic carbocycles. The van der Waals surface area contributed by atoms with Gasteiger partial charge in [-0.05, 0) is 13.3 Å². The van der Waals surface area contributed by atoms with E-state index in [4.69, 9.17) is 5.11 Å². The smallest absolute Gasteiger partial charge is 0.317 e. The summed E-state index contributed by atoms with van der Waals surface area (Å²) < 4.78 is 0. The van der Waals surface area contributed by atoms with E-state index in [9.17, 15) is 9.59 Å². The van der Waals surface area contributed by atoms with Gasteiger partial charge in [-0.2, -0.15) is 0 Å². The van der Waals surface area contributed by atoms with Gasteiger partial charge in [-0.25, -0.2) is 0 Å². The van der Waals surface area contributed by atoms with Gasteiger partial charge in [0.25, 0.3) is 0 Å². The van der Waals surface area contributed by atoms with E-state index in [0.717, 1.165) is 6.42 Å². The van der Waals surface area contributed by atoms with E-state index in [-0.39, 0.29) is 25.0 Å². The number of hydrogen-bond donors (Lipinski definition) is 1. The molecule has 5 nitrogen and oxygen atoms in total. The van der Waals surface area contributed by atoms with Crippen molar-refractivity contribution in [1.82, 2.24) is 9.80 Å². The van der Waals surface area contributed by atoms with E-state index >= 15 is 0 Å². The van der Waals surface area contributed by atoms with E-state index in [0.29, 0.717) is 13.1 Å². The summed E-state index contributed by atoms with van der Waals surface area (Å²) in [4.78, 5) is 26.2. The third-order valence-corrected chi connectivity index (χ3v) is 2.94. The van der Waals surface area contributed by atoms with Crippen LogP contribution in [0.3, 0.4) is 0 Å². The highest BCUT2D eigenvalue weighted by molar-refractivity contribution is 5.79. The van der Waals surface area contributed by atoms with Crippen molar-refractivity contribution >= 4 is 11.9 Å². The fraction of sp³-hybridized carbons (Fsp3) is 0.571. The van der Waals surface area contributed by atoms with Gasteiger partial charge in [-0.15, -0.1) is 13.2 Å². The van der Waals surface area contributed by atoms with Crippen LogP contribution in [0.4, 0.5) is 0 Å². The van der Waals surface area contributed by atoms with Gasteiger partial charge >= 0.3 is 5.97 Å². The predicted octanol–water partition coefficient (Wildman–Crippen LogP) is 1.37. The van der Waals surface area contributed by atoms with Gasteiger partial charge in [-0.1, -0.05) is 19.1 Å². The number of nitrogens with zero attached hydrogens (tertiary/aromatic N) is 2. The molecule has 0 aliphatic rings. The van der Waals surface area contributed by atoms with Gasteiger partial charge in [0.15, 0.2) is 0 Å². The van der Waals surface area contributed by atoms with E-state index in [1.165, 1.54) is 0 Å². The number of carboxylic acid groups (broad SMARTS) is 1. The van der Waals surface area contributed by atoms with Gasteiger partial charge in [0, 0.05) is 19.1 Å². The molecule has 108 valence electrons. The molecule has 1 unspecified atom stereocenters. The first-order valence-corrected chi connectivity index (χ1v) is 6.41. The first kappa shape index (κ1) is 17.4. The molecule has 0 aromatic rings. The number of hydrogen-bond acceptors (Lipinski definition) is 3. The average Bonchev–Trinajstić information content (AvgIpc) is 2.36. The van der Waals surface area contributed by atoms with E-state index in [1.54, 1.807) is 22.0 Å². The Morgan fingerprint density at radius 1 is 1.21 bits per heavy atom. The van der Waals surface area contributed by atoms with Crippen LogP contribution in [0.2, 0.25) is 0 Å². The summed E-state index contributed by atoms with van der Waals surface area (Å²) in [6.45, 7) is 11.9. The number of aliphatic carboxylic acids is 1. The van der Waals surface area contributed by atoms with Gasteiger partial charge in [0.1, 0.15) is 0 Å². The Kier molecular flexibility index (Phi) is 8.53. The molecular weight excluding hydrogens is 244 g/mol. The van der Waals surface area contributed by atoms with Crippen LogP contribution in [0.5, 0.6) is 0 Å². The number of carbonyl (C=O) groups is 2.